The number of pyridine rings is 1. The van der Waals surface area contributed by atoms with Crippen LogP contribution in [0.4, 0.5) is 11.4 Å². The molecule has 0 bridgehead atoms. The van der Waals surface area contributed by atoms with Crippen molar-refractivity contribution in [3.63, 3.8) is 0 Å². The molecular formula is C45H50N6O5S. The fraction of sp³-hybridized carbons (Fsp3) is 0.400. The van der Waals surface area contributed by atoms with Crippen LogP contribution >= 0.6 is 11.8 Å². The predicted molar refractivity (Wildman–Crippen MR) is 221 cm³/mol. The summed E-state index contributed by atoms with van der Waals surface area (Å²) in [7, 11) is 0. The number of hydrogen-bond acceptors (Lipinski definition) is 9. The van der Waals surface area contributed by atoms with E-state index in [1.165, 1.54) is 11.1 Å². The third-order valence-corrected chi connectivity index (χ3v) is 13.1. The quantitative estimate of drug-likeness (QED) is 0.0573. The number of nitrogens with one attached hydrogen (secondary N) is 3. The summed E-state index contributed by atoms with van der Waals surface area (Å²) >= 11 is 1.74. The maximum absolute atomic E-state index is 13.1. The van der Waals surface area contributed by atoms with E-state index >= 15 is 0 Å². The van der Waals surface area contributed by atoms with Gasteiger partial charge in [-0.25, -0.2) is 0 Å². The highest BCUT2D eigenvalue weighted by Crippen LogP contribution is 2.48. The van der Waals surface area contributed by atoms with Gasteiger partial charge < -0.3 is 20.6 Å². The molecule has 1 unspecified atom stereocenters. The first kappa shape index (κ1) is 38.8. The minimum Gasteiger partial charge on any atom is -0.394 e. The van der Waals surface area contributed by atoms with Gasteiger partial charge in [-0.15, -0.1) is 11.8 Å². The number of aliphatic hydroxyl groups excluding tert-OH is 1. The van der Waals surface area contributed by atoms with Gasteiger partial charge >= 0.3 is 0 Å². The van der Waals surface area contributed by atoms with Gasteiger partial charge in [-0.05, 0) is 114 Å². The number of carbonyl (C=O) groups is 4. The van der Waals surface area contributed by atoms with Crippen LogP contribution < -0.4 is 16.0 Å². The van der Waals surface area contributed by atoms with Crippen molar-refractivity contribution in [3.8, 4) is 11.1 Å². The van der Waals surface area contributed by atoms with Gasteiger partial charge in [-0.2, -0.15) is 0 Å². The molecule has 4 amide bonds. The number of piperidine rings is 1. The molecule has 0 spiro atoms. The smallest absolute Gasteiger partial charge is 0.255 e. The van der Waals surface area contributed by atoms with E-state index in [-0.39, 0.29) is 42.8 Å². The molecule has 1 aromatic heterocycles. The summed E-state index contributed by atoms with van der Waals surface area (Å²) in [5, 5.41) is 19.4. The number of amides is 4. The first-order chi connectivity index (χ1) is 27.9. The molecule has 57 heavy (non-hydrogen) atoms. The summed E-state index contributed by atoms with van der Waals surface area (Å²) < 4.78 is 0. The normalized spacial score (nSPS) is 21.4. The van der Waals surface area contributed by atoms with Crippen molar-refractivity contribution >= 4 is 46.8 Å². The maximum Gasteiger partial charge on any atom is 0.255 e. The molecule has 0 radical (unpaired) electrons. The minimum absolute atomic E-state index is 0.0196. The topological polar surface area (TPSA) is 144 Å². The van der Waals surface area contributed by atoms with Gasteiger partial charge in [0, 0.05) is 72.1 Å². The third kappa shape index (κ3) is 8.63. The first-order valence-corrected chi connectivity index (χ1v) is 21.3. The number of hydrogen-bond donors (Lipinski definition) is 4. The molecule has 3 aromatic carbocycles. The number of anilines is 2. The van der Waals surface area contributed by atoms with Crippen LogP contribution in [0.3, 0.4) is 0 Å². The Morgan fingerprint density at radius 1 is 0.912 bits per heavy atom. The number of likely N-dealkylation sites (tertiary alicyclic amines) is 1. The van der Waals surface area contributed by atoms with Crippen molar-refractivity contribution in [2.24, 2.45) is 5.92 Å². The summed E-state index contributed by atoms with van der Waals surface area (Å²) in [5.41, 5.74) is 8.11. The van der Waals surface area contributed by atoms with E-state index in [1.54, 1.807) is 16.7 Å². The van der Waals surface area contributed by atoms with Crippen molar-refractivity contribution in [1.29, 1.82) is 0 Å². The monoisotopic (exact) mass is 786 g/mol. The molecule has 4 atom stereocenters. The maximum atomic E-state index is 13.1. The number of carbonyl (C=O) groups excluding carboxylic acids is 4. The van der Waals surface area contributed by atoms with E-state index in [2.05, 4.69) is 68.3 Å². The Morgan fingerprint density at radius 2 is 1.72 bits per heavy atom. The van der Waals surface area contributed by atoms with E-state index in [0.29, 0.717) is 30.9 Å². The fourth-order valence-corrected chi connectivity index (χ4v) is 10.1. The lowest BCUT2D eigenvalue weighted by molar-refractivity contribution is -0.137. The number of aliphatic hydroxyl groups is 1. The van der Waals surface area contributed by atoms with E-state index in [0.717, 1.165) is 90.3 Å². The number of fused-ring (bicyclic) bond motifs is 4. The lowest BCUT2D eigenvalue weighted by Crippen LogP contribution is -2.52. The van der Waals surface area contributed by atoms with Crippen molar-refractivity contribution in [2.75, 3.05) is 29.5 Å². The zero-order valence-corrected chi connectivity index (χ0v) is 32.9. The number of nitrogens with zero attached hydrogens (tertiary/aromatic N) is 3. The van der Waals surface area contributed by atoms with Crippen LogP contribution in [0.15, 0.2) is 90.1 Å². The van der Waals surface area contributed by atoms with Gasteiger partial charge in [-0.1, -0.05) is 43.5 Å². The molecule has 2 fully saturated rings. The lowest BCUT2D eigenvalue weighted by atomic mass is 9.82. The Hall–Kier alpha value is -5.04. The van der Waals surface area contributed by atoms with Crippen LogP contribution in [-0.4, -0.2) is 74.5 Å². The second kappa shape index (κ2) is 17.6. The minimum atomic E-state index is -0.607. The second-order valence-corrected chi connectivity index (χ2v) is 16.8. The van der Waals surface area contributed by atoms with Gasteiger partial charge in [0.15, 0.2) is 0 Å². The van der Waals surface area contributed by atoms with Crippen LogP contribution in [0.2, 0.25) is 0 Å². The van der Waals surface area contributed by atoms with Crippen molar-refractivity contribution in [2.45, 2.75) is 93.9 Å². The highest BCUT2D eigenvalue weighted by Gasteiger charge is 2.44. The highest BCUT2D eigenvalue weighted by atomic mass is 32.2. The zero-order chi connectivity index (χ0) is 39.3. The molecule has 4 N–H and O–H groups in total. The Morgan fingerprint density at radius 3 is 2.56 bits per heavy atom. The number of imide groups is 1. The summed E-state index contributed by atoms with van der Waals surface area (Å²) in [5.74, 6) is 0.442. The van der Waals surface area contributed by atoms with Crippen molar-refractivity contribution < 1.29 is 24.3 Å². The molecule has 4 aliphatic rings. The first-order valence-electron chi connectivity index (χ1n) is 20.3. The van der Waals surface area contributed by atoms with Crippen molar-refractivity contribution in [3.05, 3.63) is 107 Å². The lowest BCUT2D eigenvalue weighted by Gasteiger charge is -2.39. The highest BCUT2D eigenvalue weighted by molar-refractivity contribution is 7.99. The molecule has 0 saturated carbocycles. The van der Waals surface area contributed by atoms with Gasteiger partial charge in [0.25, 0.3) is 5.91 Å². The van der Waals surface area contributed by atoms with Gasteiger partial charge in [0.1, 0.15) is 6.04 Å². The fourth-order valence-electron chi connectivity index (χ4n) is 9.03. The summed E-state index contributed by atoms with van der Waals surface area (Å²) in [4.78, 5) is 59.5. The van der Waals surface area contributed by atoms with Gasteiger partial charge in [0.05, 0.1) is 12.6 Å². The third-order valence-electron chi connectivity index (χ3n) is 11.9. The Labute approximate surface area is 338 Å². The number of rotatable bonds is 15. The Kier molecular flexibility index (Phi) is 12.0. The van der Waals surface area contributed by atoms with Gasteiger partial charge in [0.2, 0.25) is 17.7 Å². The molecule has 2 saturated heterocycles. The van der Waals surface area contributed by atoms with E-state index in [4.69, 9.17) is 0 Å². The average molecular weight is 787 g/mol. The van der Waals surface area contributed by atoms with Crippen molar-refractivity contribution in [1.82, 2.24) is 20.1 Å². The van der Waals surface area contributed by atoms with Gasteiger partial charge in [-0.3, -0.25) is 34.4 Å². The summed E-state index contributed by atoms with van der Waals surface area (Å²) in [6.45, 7) is 2.30. The Balaban J connectivity index is 0.790. The zero-order valence-electron chi connectivity index (χ0n) is 32.1. The van der Waals surface area contributed by atoms with Crippen LogP contribution in [0, 0.1) is 5.92 Å². The Bertz CT molecular complexity index is 2130. The van der Waals surface area contributed by atoms with Crippen LogP contribution in [-0.2, 0) is 27.5 Å². The number of thioether (sulfide) groups is 1. The van der Waals surface area contributed by atoms with E-state index in [9.17, 15) is 24.3 Å². The standard InChI is InChI=1S/C45H50N6O5S/c52-28-38-34-19-22-50(26-29-17-20-46-21-18-29)43(34)35-25-31(13-14-37(35)48-38)30-8-6-9-32(24-30)47-41(53)12-4-2-1-3-5-23-57-40-11-7-10-33-36(40)27-51(45(33)56)39-15-16-42(54)49-44(39)55/h6-11,13-14,17-18,20-21,24-25,34,38-39,43,48,52H,1-5,12,15-16,19,22-23,26-28H2,(H,47,53)(H,49,54,55)/t34-,38-,39?,43-/m1/s1. The average Bonchev–Trinajstić information content (AvgIpc) is 3.80. The largest absolute Gasteiger partial charge is 0.394 e. The molecule has 296 valence electrons. The number of aromatic nitrogens is 1. The molecule has 5 heterocycles. The SMILES string of the molecule is O=C1CCC(N2Cc3c(SCCCCCCCC(=O)Nc4cccc(-c5ccc6c(c5)[C@H]5[C@H](CCN5Cc5ccncc5)[C@@H](CO)N6)c4)cccc3C2=O)C(=O)N1. The van der Waals surface area contributed by atoms with Crippen LogP contribution in [0.1, 0.15) is 90.9 Å². The predicted octanol–water partition coefficient (Wildman–Crippen LogP) is 6.93. The molecule has 12 heteroatoms. The van der Waals surface area contributed by atoms with Crippen LogP contribution in [0.25, 0.3) is 11.1 Å². The summed E-state index contributed by atoms with van der Waals surface area (Å²) in [6.07, 6.45) is 10.7. The van der Waals surface area contributed by atoms with E-state index < -0.39 is 11.9 Å². The number of unbranched alkanes of at least 4 members (excludes halogenated alkanes) is 4. The second-order valence-electron chi connectivity index (χ2n) is 15.6. The summed E-state index contributed by atoms with van der Waals surface area (Å²) in [6, 6.07) is 24.1. The number of benzene rings is 3. The molecule has 11 nitrogen and oxygen atoms in total. The molecule has 8 rings (SSSR count). The molecular weight excluding hydrogens is 737 g/mol. The van der Waals surface area contributed by atoms with E-state index in [1.807, 2.05) is 42.7 Å². The molecule has 4 aliphatic heterocycles. The molecule has 4 aromatic rings. The van der Waals surface area contributed by atoms with Crippen LogP contribution in [0.5, 0.6) is 0 Å². The molecule has 0 aliphatic carbocycles.